The summed E-state index contributed by atoms with van der Waals surface area (Å²) in [6.07, 6.45) is 3.64. The van der Waals surface area contributed by atoms with Crippen molar-refractivity contribution in [1.82, 2.24) is 10.2 Å². The fraction of sp³-hybridized carbons (Fsp3) is 0.185. The molecule has 7 nitrogen and oxygen atoms in total. The van der Waals surface area contributed by atoms with Gasteiger partial charge in [0.05, 0.1) is 10.6 Å². The van der Waals surface area contributed by atoms with E-state index in [4.69, 9.17) is 4.74 Å². The van der Waals surface area contributed by atoms with E-state index in [1.807, 2.05) is 54.6 Å². The van der Waals surface area contributed by atoms with Crippen LogP contribution in [0.1, 0.15) is 19.3 Å². The van der Waals surface area contributed by atoms with Gasteiger partial charge in [-0.2, -0.15) is 0 Å². The van der Waals surface area contributed by atoms with Crippen molar-refractivity contribution < 1.29 is 13.2 Å². The lowest BCUT2D eigenvalue weighted by molar-refractivity contribution is 0.482. The molecular weight excluding hydrogens is 460 g/mol. The van der Waals surface area contributed by atoms with Crippen molar-refractivity contribution in [1.29, 1.82) is 0 Å². The molecule has 0 amide bonds. The fourth-order valence-electron chi connectivity index (χ4n) is 4.01. The quantitative estimate of drug-likeness (QED) is 0.359. The number of hydrogen-bond acceptors (Lipinski definition) is 6. The van der Waals surface area contributed by atoms with Crippen molar-refractivity contribution in [2.45, 2.75) is 24.2 Å². The van der Waals surface area contributed by atoms with Gasteiger partial charge < -0.3 is 9.64 Å². The van der Waals surface area contributed by atoms with Crippen molar-refractivity contribution in [3.05, 3.63) is 91.0 Å². The molecule has 35 heavy (non-hydrogen) atoms. The van der Waals surface area contributed by atoms with E-state index >= 15 is 0 Å². The average molecular weight is 487 g/mol. The van der Waals surface area contributed by atoms with Crippen LogP contribution in [-0.2, 0) is 10.0 Å². The zero-order chi connectivity index (χ0) is 24.1. The number of para-hydroxylation sites is 1. The Morgan fingerprint density at radius 3 is 2.06 bits per heavy atom. The Bertz CT molecular complexity index is 1350. The first kappa shape index (κ1) is 22.9. The van der Waals surface area contributed by atoms with Gasteiger partial charge in [-0.15, -0.1) is 10.2 Å². The summed E-state index contributed by atoms with van der Waals surface area (Å²) in [5, 5.41) is 8.76. The number of nitrogens with zero attached hydrogens (tertiary/aromatic N) is 3. The average Bonchev–Trinajstić information content (AvgIpc) is 2.90. The summed E-state index contributed by atoms with van der Waals surface area (Å²) in [5.41, 5.74) is 2.08. The molecular formula is C27H26N4O3S. The second-order valence-electron chi connectivity index (χ2n) is 8.39. The summed E-state index contributed by atoms with van der Waals surface area (Å²) in [5.74, 6) is 2.15. The van der Waals surface area contributed by atoms with Gasteiger partial charge in [0.15, 0.2) is 5.82 Å². The second-order valence-corrected chi connectivity index (χ2v) is 10.1. The number of ether oxygens (including phenoxy) is 1. The van der Waals surface area contributed by atoms with E-state index < -0.39 is 10.0 Å². The van der Waals surface area contributed by atoms with Gasteiger partial charge in [-0.05, 0) is 79.9 Å². The normalized spacial score (nSPS) is 13.9. The van der Waals surface area contributed by atoms with Gasteiger partial charge in [-0.25, -0.2) is 8.42 Å². The molecule has 1 saturated heterocycles. The summed E-state index contributed by atoms with van der Waals surface area (Å²) in [4.78, 5) is 2.42. The first-order valence-corrected chi connectivity index (χ1v) is 13.1. The maximum Gasteiger partial charge on any atom is 0.261 e. The lowest BCUT2D eigenvalue weighted by Gasteiger charge is -2.27. The lowest BCUT2D eigenvalue weighted by Crippen LogP contribution is -2.30. The summed E-state index contributed by atoms with van der Waals surface area (Å²) < 4.78 is 34.0. The van der Waals surface area contributed by atoms with Crippen LogP contribution in [0.25, 0.3) is 11.3 Å². The van der Waals surface area contributed by atoms with Gasteiger partial charge in [0.1, 0.15) is 11.5 Å². The minimum absolute atomic E-state index is 0.154. The van der Waals surface area contributed by atoms with Crippen LogP contribution < -0.4 is 14.4 Å². The summed E-state index contributed by atoms with van der Waals surface area (Å²) in [7, 11) is -3.74. The lowest BCUT2D eigenvalue weighted by atomic mass is 10.1. The fourth-order valence-corrected chi connectivity index (χ4v) is 5.06. The van der Waals surface area contributed by atoms with Gasteiger partial charge in [0.25, 0.3) is 10.0 Å². The van der Waals surface area contributed by atoms with Gasteiger partial charge in [0.2, 0.25) is 0 Å². The van der Waals surface area contributed by atoms with Crippen LogP contribution in [0.15, 0.2) is 95.9 Å². The Hall–Kier alpha value is -3.91. The van der Waals surface area contributed by atoms with E-state index in [0.717, 1.165) is 30.2 Å². The molecule has 0 radical (unpaired) electrons. The Kier molecular flexibility index (Phi) is 6.63. The third kappa shape index (κ3) is 5.60. The molecule has 178 valence electrons. The van der Waals surface area contributed by atoms with Crippen molar-refractivity contribution in [3.63, 3.8) is 0 Å². The van der Waals surface area contributed by atoms with E-state index in [1.165, 1.54) is 31.4 Å². The molecule has 1 aromatic heterocycles. The molecule has 1 fully saturated rings. The van der Waals surface area contributed by atoms with Crippen LogP contribution in [-0.4, -0.2) is 31.7 Å². The van der Waals surface area contributed by atoms with Crippen LogP contribution >= 0.6 is 0 Å². The second kappa shape index (κ2) is 10.1. The van der Waals surface area contributed by atoms with E-state index in [1.54, 1.807) is 24.3 Å². The van der Waals surface area contributed by atoms with Crippen molar-refractivity contribution in [3.8, 4) is 22.8 Å². The van der Waals surface area contributed by atoms with Crippen molar-refractivity contribution >= 4 is 21.5 Å². The highest BCUT2D eigenvalue weighted by Gasteiger charge is 2.15. The highest BCUT2D eigenvalue weighted by Crippen LogP contribution is 2.25. The smallest absolute Gasteiger partial charge is 0.261 e. The van der Waals surface area contributed by atoms with E-state index in [-0.39, 0.29) is 4.90 Å². The highest BCUT2D eigenvalue weighted by molar-refractivity contribution is 7.92. The number of piperidine rings is 1. The van der Waals surface area contributed by atoms with E-state index in [9.17, 15) is 8.42 Å². The highest BCUT2D eigenvalue weighted by atomic mass is 32.2. The molecule has 2 heterocycles. The number of sulfonamides is 1. The molecule has 1 aliphatic rings. The number of benzene rings is 3. The minimum Gasteiger partial charge on any atom is -0.457 e. The minimum atomic E-state index is -3.74. The van der Waals surface area contributed by atoms with Crippen LogP contribution in [0.2, 0.25) is 0 Å². The predicted molar refractivity (Wildman–Crippen MR) is 137 cm³/mol. The first-order chi connectivity index (χ1) is 17.1. The van der Waals surface area contributed by atoms with Gasteiger partial charge in [-0.1, -0.05) is 30.3 Å². The standard InChI is InChI=1S/C27H26N4O3S/c32-35(33,25-15-13-24(14-16-25)34-23-7-3-1-4-8-23)30-22-11-9-21(10-12-22)26-17-18-27(29-28-26)31-19-5-2-6-20-31/h1,3-4,7-18,30H,2,5-6,19-20H2. The van der Waals surface area contributed by atoms with Crippen molar-refractivity contribution in [2.24, 2.45) is 0 Å². The molecule has 0 saturated carbocycles. The zero-order valence-electron chi connectivity index (χ0n) is 19.2. The molecule has 5 rings (SSSR count). The number of hydrogen-bond donors (Lipinski definition) is 1. The van der Waals surface area contributed by atoms with E-state index in [2.05, 4.69) is 19.8 Å². The van der Waals surface area contributed by atoms with Crippen LogP contribution in [0, 0.1) is 0 Å². The Morgan fingerprint density at radius 1 is 0.714 bits per heavy atom. The molecule has 8 heteroatoms. The molecule has 0 bridgehead atoms. The first-order valence-electron chi connectivity index (χ1n) is 11.6. The molecule has 0 spiro atoms. The molecule has 1 N–H and O–H groups in total. The summed E-state index contributed by atoms with van der Waals surface area (Å²) in [6.45, 7) is 2.04. The monoisotopic (exact) mass is 486 g/mol. The van der Waals surface area contributed by atoms with Crippen LogP contribution in [0.5, 0.6) is 11.5 Å². The molecule has 0 atom stereocenters. The molecule has 1 aliphatic heterocycles. The summed E-state index contributed by atoms with van der Waals surface area (Å²) in [6, 6.07) is 26.7. The van der Waals surface area contributed by atoms with Gasteiger partial charge in [0, 0.05) is 24.3 Å². The summed E-state index contributed by atoms with van der Waals surface area (Å²) >= 11 is 0. The van der Waals surface area contributed by atoms with Crippen LogP contribution in [0.4, 0.5) is 11.5 Å². The van der Waals surface area contributed by atoms with Crippen molar-refractivity contribution in [2.75, 3.05) is 22.7 Å². The number of nitrogens with one attached hydrogen (secondary N) is 1. The molecule has 0 unspecified atom stereocenters. The number of aromatic nitrogens is 2. The third-order valence-corrected chi connectivity index (χ3v) is 7.27. The Labute approximate surface area is 205 Å². The third-order valence-electron chi connectivity index (χ3n) is 5.88. The topological polar surface area (TPSA) is 84.4 Å². The largest absolute Gasteiger partial charge is 0.457 e. The molecule has 4 aromatic rings. The maximum atomic E-state index is 12.8. The van der Waals surface area contributed by atoms with Crippen LogP contribution in [0.3, 0.4) is 0 Å². The predicted octanol–water partition coefficient (Wildman–Crippen LogP) is 5.73. The Balaban J connectivity index is 1.24. The van der Waals surface area contributed by atoms with Gasteiger partial charge >= 0.3 is 0 Å². The SMILES string of the molecule is O=S(=O)(Nc1ccc(-c2ccc(N3CCCCC3)nn2)cc1)c1ccc(Oc2ccccc2)cc1. The van der Waals surface area contributed by atoms with Gasteiger partial charge in [-0.3, -0.25) is 4.72 Å². The maximum absolute atomic E-state index is 12.8. The van der Waals surface area contributed by atoms with E-state index in [0.29, 0.717) is 17.2 Å². The number of rotatable bonds is 7. The zero-order valence-corrected chi connectivity index (χ0v) is 20.0. The molecule has 3 aromatic carbocycles. The Morgan fingerprint density at radius 2 is 1.40 bits per heavy atom. The molecule has 0 aliphatic carbocycles. The number of anilines is 2.